The first-order valence-electron chi connectivity index (χ1n) is 57.5. The summed E-state index contributed by atoms with van der Waals surface area (Å²) in [5, 5.41) is -2.20. The van der Waals surface area contributed by atoms with E-state index in [2.05, 4.69) is 90.1 Å². The van der Waals surface area contributed by atoms with Crippen LogP contribution in [0, 0.1) is 0 Å². The summed E-state index contributed by atoms with van der Waals surface area (Å²) in [6, 6.07) is 58.4. The van der Waals surface area contributed by atoms with E-state index in [4.69, 9.17) is 8.22 Å². The lowest BCUT2D eigenvalue weighted by Crippen LogP contribution is -2.61. The van der Waals surface area contributed by atoms with Gasteiger partial charge in [0, 0.05) is 77.9 Å². The van der Waals surface area contributed by atoms with Crippen LogP contribution >= 0.6 is 0 Å². The molecule has 0 fully saturated rings. The molecule has 0 amide bonds. The van der Waals surface area contributed by atoms with Gasteiger partial charge >= 0.3 is 0 Å². The molecule has 2 aromatic heterocycles. The van der Waals surface area contributed by atoms with Gasteiger partial charge in [0.1, 0.15) is 0 Å². The van der Waals surface area contributed by atoms with Crippen LogP contribution in [0.15, 0.2) is 442 Å². The van der Waals surface area contributed by atoms with Crippen LogP contribution < -0.4 is 26.2 Å². The molecular formula is C123H91BN4. The SMILES string of the molecule is [2H]c1c([2H])c([2H])c(-c2c([2H])c([2H])c3c(c2[2H])c2c([2H])c([2H])c([2H])c([2H])c2n3-c2c([2H])c([2H])c3c(c2[2H])N(c2c(-c4ccccc4)cc(C(C)(C)C)cc2-c2ccccc2)c2cc(-c4ccc5c(c4)-c4ccccc4C5(c4ccccc4)c4ccccc4)cc4c2B3c2c([2H])c([2H])c(-n3c5c([2H])c([2H])c([2H])c([2H])c5c5c([2H])c(-c6c([2H])c([2H])c([2H])c([2H])c6[2H])c([2H])c([2H])c53)c([2H])c2N4c2c(-c3ccccc3)cc(C(C)(C)C)cc2-c2ccccc2)c([2H])c1[2H]. The first-order valence-corrected chi connectivity index (χ1v) is 42.5. The summed E-state index contributed by atoms with van der Waals surface area (Å²) in [6.07, 6.45) is 0. The van der Waals surface area contributed by atoms with Gasteiger partial charge < -0.3 is 18.9 Å². The van der Waals surface area contributed by atoms with Gasteiger partial charge in [0.2, 0.25) is 0 Å². The number of fused-ring (bicyclic) bond motifs is 13. The molecule has 0 atom stereocenters. The van der Waals surface area contributed by atoms with E-state index < -0.39 is 281 Å². The van der Waals surface area contributed by atoms with E-state index in [9.17, 15) is 32.9 Å². The Morgan fingerprint density at radius 1 is 0.258 bits per heavy atom. The zero-order valence-corrected chi connectivity index (χ0v) is 70.2. The van der Waals surface area contributed by atoms with Crippen LogP contribution in [-0.4, -0.2) is 15.8 Å². The van der Waals surface area contributed by atoms with Crippen LogP contribution in [0.4, 0.5) is 34.1 Å². The number of benzene rings is 19. The molecule has 5 heteroatoms. The van der Waals surface area contributed by atoms with E-state index in [0.29, 0.717) is 55.6 Å². The Balaban J connectivity index is 0.958. The number of hydrogen-bond donors (Lipinski definition) is 0. The van der Waals surface area contributed by atoms with Gasteiger partial charge in [-0.05, 0) is 230 Å². The van der Waals surface area contributed by atoms with Crippen molar-refractivity contribution in [2.75, 3.05) is 9.80 Å². The third-order valence-electron chi connectivity index (χ3n) is 25.3. The molecule has 24 rings (SSSR count). The highest BCUT2D eigenvalue weighted by Crippen LogP contribution is 2.60. The number of nitrogens with zero attached hydrogens (tertiary/aromatic N) is 4. The van der Waals surface area contributed by atoms with Crippen molar-refractivity contribution in [1.82, 2.24) is 9.13 Å². The largest absolute Gasteiger partial charge is 0.310 e. The Hall–Kier alpha value is -15.6. The summed E-state index contributed by atoms with van der Waals surface area (Å²) < 4.78 is 306. The van der Waals surface area contributed by atoms with Crippen molar-refractivity contribution in [3.8, 4) is 100 Å². The molecule has 0 radical (unpaired) electrons. The molecule has 21 aromatic rings. The molecule has 0 saturated carbocycles. The fourth-order valence-electron chi connectivity index (χ4n) is 19.5. The minimum atomic E-state index is -1.88. The summed E-state index contributed by atoms with van der Waals surface area (Å²) in [6.45, 7) is 10.5. The first kappa shape index (κ1) is 51.0. The van der Waals surface area contributed by atoms with Gasteiger partial charge in [-0.2, -0.15) is 0 Å². The average molecular weight is 1670 g/mol. The Kier molecular flexibility index (Phi) is 11.9. The second kappa shape index (κ2) is 29.8. The summed E-state index contributed by atoms with van der Waals surface area (Å²) in [7, 11) is 0. The Morgan fingerprint density at radius 2 is 0.625 bits per heavy atom. The topological polar surface area (TPSA) is 16.3 Å². The highest BCUT2D eigenvalue weighted by atomic mass is 15.2. The lowest BCUT2D eigenvalue weighted by Gasteiger charge is -2.46. The van der Waals surface area contributed by atoms with Crippen molar-refractivity contribution in [3.63, 3.8) is 0 Å². The molecule has 19 aromatic carbocycles. The van der Waals surface area contributed by atoms with Gasteiger partial charge in [0.05, 0.1) is 80.0 Å². The summed E-state index contributed by atoms with van der Waals surface area (Å²) >= 11 is 0. The molecule has 0 unspecified atom stereocenters. The quantitative estimate of drug-likeness (QED) is 0.107. The molecule has 606 valence electrons. The predicted molar refractivity (Wildman–Crippen MR) is 542 cm³/mol. The number of rotatable bonds is 13. The van der Waals surface area contributed by atoms with Crippen molar-refractivity contribution in [3.05, 3.63) is 476 Å². The van der Waals surface area contributed by atoms with E-state index in [1.807, 2.05) is 222 Å². The van der Waals surface area contributed by atoms with E-state index in [-0.39, 0.29) is 50.5 Å². The smallest absolute Gasteiger partial charge is 0.252 e. The maximum Gasteiger partial charge on any atom is 0.252 e. The van der Waals surface area contributed by atoms with Gasteiger partial charge in [-0.25, -0.2) is 0 Å². The highest BCUT2D eigenvalue weighted by Gasteiger charge is 2.49. The average Bonchev–Trinajstić information content (AvgIpc) is 1.06. The normalized spacial score (nSPS) is 16.4. The van der Waals surface area contributed by atoms with Crippen LogP contribution in [0.3, 0.4) is 0 Å². The number of aromatic nitrogens is 2. The van der Waals surface area contributed by atoms with Crippen molar-refractivity contribution >= 4 is 101 Å². The van der Waals surface area contributed by atoms with Gasteiger partial charge in [-0.15, -0.1) is 0 Å². The summed E-state index contributed by atoms with van der Waals surface area (Å²) in [4.78, 5) is 3.67. The molecule has 128 heavy (non-hydrogen) atoms. The molecule has 1 aliphatic carbocycles. The van der Waals surface area contributed by atoms with Gasteiger partial charge in [0.25, 0.3) is 6.71 Å². The maximum atomic E-state index is 12.3. The van der Waals surface area contributed by atoms with Crippen molar-refractivity contribution < 1.29 is 41.1 Å². The van der Waals surface area contributed by atoms with Crippen LogP contribution in [0.5, 0.6) is 0 Å². The lowest BCUT2D eigenvalue weighted by atomic mass is 9.33. The van der Waals surface area contributed by atoms with E-state index in [1.54, 1.807) is 0 Å². The molecule has 3 aliphatic rings. The second-order valence-electron chi connectivity index (χ2n) is 34.7. The van der Waals surface area contributed by atoms with Crippen LogP contribution in [-0.2, 0) is 16.2 Å². The summed E-state index contributed by atoms with van der Waals surface area (Å²) in [5.74, 6) is 0. The fraction of sp³-hybridized carbons (Fsp3) is 0.0732. The van der Waals surface area contributed by atoms with Crippen LogP contribution in [0.1, 0.15) is 116 Å². The van der Waals surface area contributed by atoms with Crippen molar-refractivity contribution in [1.29, 1.82) is 0 Å². The predicted octanol–water partition coefficient (Wildman–Crippen LogP) is 30.6. The van der Waals surface area contributed by atoms with Crippen LogP contribution in [0.2, 0.25) is 0 Å². The van der Waals surface area contributed by atoms with Gasteiger partial charge in [-0.3, -0.25) is 0 Å². The third kappa shape index (κ3) is 12.1. The van der Waals surface area contributed by atoms with Gasteiger partial charge in [0.15, 0.2) is 0 Å². The molecule has 2 aliphatic heterocycles. The Labute approximate surface area is 791 Å². The molecule has 4 heterocycles. The molecule has 4 nitrogen and oxygen atoms in total. The lowest BCUT2D eigenvalue weighted by molar-refractivity contribution is 0.590. The summed E-state index contributed by atoms with van der Waals surface area (Å²) in [5.41, 5.74) is 2.80. The zero-order chi connectivity index (χ0) is 112. The van der Waals surface area contributed by atoms with Crippen molar-refractivity contribution in [2.45, 2.75) is 57.8 Å². The van der Waals surface area contributed by atoms with Gasteiger partial charge in [-0.1, -0.05) is 381 Å². The first-order chi connectivity index (χ1) is 75.3. The molecule has 0 spiro atoms. The van der Waals surface area contributed by atoms with E-state index >= 15 is 0 Å². The molecule has 0 saturated heterocycles. The Morgan fingerprint density at radius 3 is 1.04 bits per heavy atom. The maximum absolute atomic E-state index is 12.3. The highest BCUT2D eigenvalue weighted by molar-refractivity contribution is 7.00. The zero-order valence-electron chi connectivity index (χ0n) is 100. The minimum absolute atomic E-state index is 0.146. The molecule has 0 bridgehead atoms. The standard InChI is InChI=1S/C123H91BN4/c1-121(2,3)92-74-99(82-41-19-9-20-42-82)119(100(75-92)83-43-21-10-22-44-83)127-114-78-94(125-110-57-35-32-54-97(110)104-70-86(60-67-112(104)125)80-37-15-7-16-38-80)62-65-108(114)124-109-66-63-95(126-111-58-36-33-55-98(111)105-71-87(61-68-113(105)126)81-39-17-8-18-40-81)79-115(109)128(120-101(84-45-23-11-24-46-84)76-93(122(4,5)6)77-102(120)85-47-25-12-26-48-85)117-73-89(72-116(127)118(117)124)88-59-64-107-103(69-88)96-53-31-34-56-106(96)123(107,90-49-27-13-28-50-90)91-51-29-14-30-52-91/h7-79H,1-6H3/i7D,8D,15D,16D,17D,18D,32D,33D,35D,36D,37D,38D,39D,40D,54D,55D,57D,58D,60D,61D,62D,63D,65D,66D,67D,68D,70D,71D,78D,79D. The number of hydrogen-bond acceptors (Lipinski definition) is 2. The Bertz CT molecular complexity index is 9260. The fourth-order valence-corrected chi connectivity index (χ4v) is 19.5. The number of anilines is 6. The molecular weight excluding hydrogens is 1540 g/mol. The molecule has 0 N–H and O–H groups in total. The number of para-hydroxylation sites is 2. The third-order valence-corrected chi connectivity index (χ3v) is 25.3. The monoisotopic (exact) mass is 1660 g/mol. The van der Waals surface area contributed by atoms with E-state index in [0.717, 1.165) is 53.6 Å². The van der Waals surface area contributed by atoms with Crippen molar-refractivity contribution in [2.24, 2.45) is 0 Å². The second-order valence-corrected chi connectivity index (χ2v) is 34.7. The van der Waals surface area contributed by atoms with Crippen LogP contribution in [0.25, 0.3) is 144 Å². The minimum Gasteiger partial charge on any atom is -0.310 e. The van der Waals surface area contributed by atoms with E-state index in [1.165, 1.54) is 0 Å².